The Morgan fingerprint density at radius 1 is 0.857 bits per heavy atom. The van der Waals surface area contributed by atoms with Crippen molar-refractivity contribution in [1.29, 1.82) is 0 Å². The average molecular weight is 335 g/mol. The number of hydrogen-bond acceptors (Lipinski definition) is 0. The van der Waals surface area contributed by atoms with Gasteiger partial charge < -0.3 is 50.9 Å². The van der Waals surface area contributed by atoms with Crippen molar-refractivity contribution in [2.24, 2.45) is 0 Å². The van der Waals surface area contributed by atoms with E-state index >= 15 is 0 Å². The van der Waals surface area contributed by atoms with Gasteiger partial charge in [0, 0.05) is 0 Å². The minimum Gasteiger partial charge on any atom is -1.00 e. The van der Waals surface area contributed by atoms with E-state index < -0.39 is 0 Å². The van der Waals surface area contributed by atoms with E-state index in [4.69, 9.17) is 23.2 Å². The van der Waals surface area contributed by atoms with Crippen molar-refractivity contribution in [2.75, 3.05) is 5.34 Å². The Bertz CT molecular complexity index is 12.9. The third-order valence-corrected chi connectivity index (χ3v) is 0. The number of halogens is 5. The zero-order valence-electron chi connectivity index (χ0n) is 3.17. The monoisotopic (exact) mass is 332 g/mol. The number of hydrogen-bond donors (Lipinski definition) is 0. The van der Waals surface area contributed by atoms with Gasteiger partial charge in [-0.2, -0.15) is 0 Å². The molecular formula is CH2BBr3Cl2. The van der Waals surface area contributed by atoms with Crippen molar-refractivity contribution in [2.45, 2.75) is 0 Å². The van der Waals surface area contributed by atoms with Crippen LogP contribution in [0.2, 0.25) is 0 Å². The molecule has 0 heterocycles. The molecule has 0 aromatic rings. The zero-order chi connectivity index (χ0) is 2.71. The van der Waals surface area contributed by atoms with Crippen LogP contribution in [0, 0.1) is 0 Å². The summed E-state index contributed by atoms with van der Waals surface area (Å²) in [5.74, 6) is 0. The summed E-state index contributed by atoms with van der Waals surface area (Å²) in [7, 11) is 0. The molecule has 0 saturated carbocycles. The van der Waals surface area contributed by atoms with Gasteiger partial charge in [0.1, 0.15) is 0 Å². The summed E-state index contributed by atoms with van der Waals surface area (Å²) in [6.07, 6.45) is 0. The molecule has 0 fully saturated rings. The molecule has 6 heteroatoms. The van der Waals surface area contributed by atoms with Gasteiger partial charge in [0.25, 0.3) is 0 Å². The fourth-order valence-corrected chi connectivity index (χ4v) is 0. The molecule has 0 bridgehead atoms. The van der Waals surface area contributed by atoms with E-state index in [2.05, 4.69) is 0 Å². The summed E-state index contributed by atoms with van der Waals surface area (Å²) in [6, 6.07) is 0. The van der Waals surface area contributed by atoms with Gasteiger partial charge in [-0.05, 0) is 0 Å². The van der Waals surface area contributed by atoms with Gasteiger partial charge in [-0.3, -0.25) is 0 Å². The molecule has 0 atom stereocenters. The van der Waals surface area contributed by atoms with Crippen LogP contribution in [0.3, 0.4) is 0 Å². The summed E-state index contributed by atoms with van der Waals surface area (Å²) in [6.45, 7) is 0. The number of alkyl halides is 2. The summed E-state index contributed by atoms with van der Waals surface area (Å²) in [5.41, 5.74) is 0. The van der Waals surface area contributed by atoms with Crippen LogP contribution in [0.4, 0.5) is 0 Å². The fraction of sp³-hybridized carbons (Fsp3) is 1.00. The van der Waals surface area contributed by atoms with Crippen LogP contribution in [-0.4, -0.2) is 13.8 Å². The van der Waals surface area contributed by atoms with Crippen LogP contribution in [0.5, 0.6) is 0 Å². The Labute approximate surface area is 87.2 Å². The van der Waals surface area contributed by atoms with Gasteiger partial charge in [-0.1, -0.05) is 0 Å². The van der Waals surface area contributed by atoms with Crippen molar-refractivity contribution < 1.29 is 50.9 Å². The molecule has 0 aliphatic rings. The van der Waals surface area contributed by atoms with Crippen molar-refractivity contribution in [1.82, 2.24) is 0 Å². The second-order valence-corrected chi connectivity index (χ2v) is 0.909. The first kappa shape index (κ1) is 35.6. The first-order chi connectivity index (χ1) is 1.41. The first-order valence-electron chi connectivity index (χ1n) is 0.535. The maximum Gasteiger partial charge on any atom is 3.00 e. The van der Waals surface area contributed by atoms with Crippen molar-refractivity contribution in [3.63, 3.8) is 0 Å². The molecule has 0 aromatic carbocycles. The van der Waals surface area contributed by atoms with Gasteiger partial charge in [0.15, 0.2) is 0 Å². The molecule has 0 spiro atoms. The smallest absolute Gasteiger partial charge is 1.00 e. The second kappa shape index (κ2) is 42.6. The molecule has 0 unspecified atom stereocenters. The van der Waals surface area contributed by atoms with Crippen molar-refractivity contribution >= 4 is 31.6 Å². The predicted octanol–water partition coefficient (Wildman–Crippen LogP) is -7.95. The van der Waals surface area contributed by atoms with E-state index in [0.717, 1.165) is 0 Å². The minimum atomic E-state index is 0. The fourth-order valence-electron chi connectivity index (χ4n) is 0. The molecule has 0 saturated heterocycles. The third kappa shape index (κ3) is 68.9. The van der Waals surface area contributed by atoms with Crippen molar-refractivity contribution in [3.05, 3.63) is 0 Å². The Morgan fingerprint density at radius 2 is 0.857 bits per heavy atom. The molecule has 0 N–H and O–H groups in total. The Morgan fingerprint density at radius 3 is 0.857 bits per heavy atom. The Kier molecular flexibility index (Phi) is 217. The summed E-state index contributed by atoms with van der Waals surface area (Å²) in [4.78, 5) is 0. The van der Waals surface area contributed by atoms with E-state index in [1.165, 1.54) is 0 Å². The standard InChI is InChI=1S/CH2Cl2.B.3BrH/c2-1-3;;;;/h1H2;;3*1H/q;+3;;;/p-3. The molecule has 0 aliphatic carbocycles. The van der Waals surface area contributed by atoms with Crippen LogP contribution in [0.15, 0.2) is 0 Å². The van der Waals surface area contributed by atoms with E-state index in [1.54, 1.807) is 0 Å². The third-order valence-electron chi connectivity index (χ3n) is 0. The average Bonchev–Trinajstić information content (AvgIpc) is 0.918. The maximum absolute atomic E-state index is 4.76. The summed E-state index contributed by atoms with van der Waals surface area (Å²) < 4.78 is 0. The van der Waals surface area contributed by atoms with E-state index in [-0.39, 0.29) is 64.7 Å². The van der Waals surface area contributed by atoms with Crippen LogP contribution in [0.1, 0.15) is 0 Å². The van der Waals surface area contributed by atoms with Crippen molar-refractivity contribution in [3.8, 4) is 0 Å². The normalized spacial score (nSPS) is 2.57. The molecule has 0 radical (unpaired) electrons. The van der Waals surface area contributed by atoms with Gasteiger partial charge in [0.2, 0.25) is 0 Å². The van der Waals surface area contributed by atoms with E-state index in [1.807, 2.05) is 0 Å². The zero-order valence-corrected chi connectivity index (χ0v) is 9.44. The maximum atomic E-state index is 4.76. The van der Waals surface area contributed by atoms with Crippen LogP contribution in [-0.2, 0) is 0 Å². The molecule has 7 heavy (non-hydrogen) atoms. The molecule has 0 aromatic heterocycles. The minimum absolute atomic E-state index is 0. The Hall–Kier alpha value is 2.08. The largest absolute Gasteiger partial charge is 3.00 e. The van der Waals surface area contributed by atoms with Gasteiger partial charge >= 0.3 is 8.41 Å². The van der Waals surface area contributed by atoms with Crippen LogP contribution < -0.4 is 50.9 Å². The van der Waals surface area contributed by atoms with E-state index in [0.29, 0.717) is 0 Å². The molecule has 0 nitrogen and oxygen atoms in total. The molecule has 44 valence electrons. The molecular weight excluding hydrogens is 333 g/mol. The van der Waals surface area contributed by atoms with Gasteiger partial charge in [-0.15, -0.1) is 23.2 Å². The summed E-state index contributed by atoms with van der Waals surface area (Å²) in [5, 5.41) is 0.194. The topological polar surface area (TPSA) is 0 Å². The molecule has 0 aliphatic heterocycles. The quantitative estimate of drug-likeness (QED) is 0.305. The SMILES string of the molecule is ClCCl.[B+3].[Br-].[Br-].[Br-]. The van der Waals surface area contributed by atoms with Gasteiger partial charge in [-0.25, -0.2) is 0 Å². The van der Waals surface area contributed by atoms with E-state index in [9.17, 15) is 0 Å². The van der Waals surface area contributed by atoms with Crippen LogP contribution >= 0.6 is 23.2 Å². The van der Waals surface area contributed by atoms with Gasteiger partial charge in [0.05, 0.1) is 5.34 Å². The number of rotatable bonds is 0. The molecule has 0 rings (SSSR count). The first-order valence-corrected chi connectivity index (χ1v) is 1.60. The summed E-state index contributed by atoms with van der Waals surface area (Å²) >= 11 is 9.53. The predicted molar refractivity (Wildman–Crippen MR) is 22.3 cm³/mol. The second-order valence-electron chi connectivity index (χ2n) is 0.101. The Balaban J connectivity index is -0.00000000333. The molecule has 0 amide bonds. The van der Waals surface area contributed by atoms with Crippen LogP contribution in [0.25, 0.3) is 0 Å².